The van der Waals surface area contributed by atoms with Crippen LogP contribution in [0.2, 0.25) is 0 Å². The lowest BCUT2D eigenvalue weighted by molar-refractivity contribution is 0.0695. The number of nitrogen functional groups attached to an aromatic ring is 1. The minimum absolute atomic E-state index is 0.0261. The van der Waals surface area contributed by atoms with Crippen molar-refractivity contribution in [2.75, 3.05) is 23.7 Å². The highest BCUT2D eigenvalue weighted by molar-refractivity contribution is 5.97. The smallest absolute Gasteiger partial charge is 0.341 e. The number of hydrogen-bond donors (Lipinski definition) is 2. The maximum absolute atomic E-state index is 15.6. The number of fused-ring (bicyclic) bond motifs is 1. The number of aromatic nitrogens is 1. The molecule has 6 nitrogen and oxygen atoms in total. The Morgan fingerprint density at radius 2 is 1.79 bits per heavy atom. The summed E-state index contributed by atoms with van der Waals surface area (Å²) >= 11 is 0. The molecule has 0 amide bonds. The first-order valence-corrected chi connectivity index (χ1v) is 10.7. The molecule has 1 aliphatic rings. The molecule has 1 saturated heterocycles. The summed E-state index contributed by atoms with van der Waals surface area (Å²) in [5.74, 6) is -2.44. The molecule has 2 aromatic carbocycles. The van der Waals surface area contributed by atoms with Gasteiger partial charge in [-0.25, -0.2) is 13.6 Å². The average molecular weight is 456 g/mol. The van der Waals surface area contributed by atoms with Gasteiger partial charge in [0.25, 0.3) is 0 Å². The molecule has 1 aliphatic heterocycles. The summed E-state index contributed by atoms with van der Waals surface area (Å²) in [6.45, 7) is 10.7. The first-order valence-electron chi connectivity index (χ1n) is 10.7. The molecule has 3 aromatic rings. The SMILES string of the molecule is Cc1cc(F)c(N)cc1Cn1cc(C(=O)O)c(=O)c2c(C)c(F)c(N3CC(C)(C)C3)c(C)c21. The molecule has 0 bridgehead atoms. The zero-order valence-electron chi connectivity index (χ0n) is 19.3. The quantitative estimate of drug-likeness (QED) is 0.570. The molecular weight excluding hydrogens is 428 g/mol. The van der Waals surface area contributed by atoms with Crippen molar-refractivity contribution in [2.24, 2.45) is 5.41 Å². The van der Waals surface area contributed by atoms with Crippen LogP contribution in [0.15, 0.2) is 23.1 Å². The number of carbonyl (C=O) groups is 1. The Kier molecular flexibility index (Phi) is 5.22. The van der Waals surface area contributed by atoms with Crippen LogP contribution in [0.1, 0.15) is 46.5 Å². The Bertz CT molecular complexity index is 1380. The van der Waals surface area contributed by atoms with Crippen LogP contribution in [0.4, 0.5) is 20.2 Å². The lowest BCUT2D eigenvalue weighted by atomic mass is 9.83. The third kappa shape index (κ3) is 3.63. The molecule has 1 fully saturated rings. The zero-order chi connectivity index (χ0) is 24.4. The van der Waals surface area contributed by atoms with Crippen molar-refractivity contribution in [3.8, 4) is 0 Å². The van der Waals surface area contributed by atoms with Crippen LogP contribution in [0.3, 0.4) is 0 Å². The van der Waals surface area contributed by atoms with Gasteiger partial charge >= 0.3 is 5.97 Å². The normalized spacial score (nSPS) is 15.1. The summed E-state index contributed by atoms with van der Waals surface area (Å²) in [5.41, 5.74) is 7.48. The highest BCUT2D eigenvalue weighted by Crippen LogP contribution is 2.40. The molecule has 33 heavy (non-hydrogen) atoms. The monoisotopic (exact) mass is 455 g/mol. The van der Waals surface area contributed by atoms with Crippen LogP contribution in [0, 0.1) is 37.8 Å². The average Bonchev–Trinajstić information content (AvgIpc) is 2.69. The first-order chi connectivity index (χ1) is 15.3. The standard InChI is InChI=1S/C25H27F2N3O3/c1-12-6-17(26)18(28)7-15(12)8-29-9-16(24(32)33)23(31)19-13(2)20(27)22(14(3)21(19)29)30-10-25(4,5)11-30/h6-7,9H,8,10-11,28H2,1-5H3,(H,32,33). The van der Waals surface area contributed by atoms with Crippen molar-refractivity contribution >= 4 is 28.2 Å². The van der Waals surface area contributed by atoms with E-state index in [9.17, 15) is 19.1 Å². The van der Waals surface area contributed by atoms with Crippen molar-refractivity contribution in [3.63, 3.8) is 0 Å². The maximum Gasteiger partial charge on any atom is 0.341 e. The van der Waals surface area contributed by atoms with Gasteiger partial charge in [0, 0.05) is 31.4 Å². The topological polar surface area (TPSA) is 88.6 Å². The number of aryl methyl sites for hydroxylation is 3. The van der Waals surface area contributed by atoms with E-state index >= 15 is 4.39 Å². The number of hydrogen-bond acceptors (Lipinski definition) is 4. The molecule has 1 aromatic heterocycles. The Morgan fingerprint density at radius 1 is 1.15 bits per heavy atom. The second-order valence-corrected chi connectivity index (χ2v) is 9.76. The van der Waals surface area contributed by atoms with E-state index in [2.05, 4.69) is 13.8 Å². The number of pyridine rings is 1. The highest BCUT2D eigenvalue weighted by Gasteiger charge is 2.37. The molecular formula is C25H27F2N3O3. The van der Waals surface area contributed by atoms with E-state index in [4.69, 9.17) is 5.73 Å². The molecule has 0 spiro atoms. The fraction of sp³-hybridized carbons (Fsp3) is 0.360. The first kappa shape index (κ1) is 22.8. The molecule has 174 valence electrons. The molecule has 2 heterocycles. The number of benzene rings is 2. The highest BCUT2D eigenvalue weighted by atomic mass is 19.1. The van der Waals surface area contributed by atoms with E-state index in [1.165, 1.54) is 25.3 Å². The van der Waals surface area contributed by atoms with E-state index < -0.39 is 28.6 Å². The fourth-order valence-electron chi connectivity index (χ4n) is 4.87. The summed E-state index contributed by atoms with van der Waals surface area (Å²) in [6.07, 6.45) is 1.28. The summed E-state index contributed by atoms with van der Waals surface area (Å²) in [6, 6.07) is 2.82. The van der Waals surface area contributed by atoms with Crippen LogP contribution < -0.4 is 16.1 Å². The Balaban J connectivity index is 2.04. The molecule has 8 heteroatoms. The van der Waals surface area contributed by atoms with Gasteiger partial charge in [-0.3, -0.25) is 4.79 Å². The van der Waals surface area contributed by atoms with Gasteiger partial charge in [0.1, 0.15) is 11.4 Å². The number of halogens is 2. The van der Waals surface area contributed by atoms with E-state index in [0.717, 1.165) is 0 Å². The van der Waals surface area contributed by atoms with Crippen LogP contribution in [-0.2, 0) is 6.54 Å². The summed E-state index contributed by atoms with van der Waals surface area (Å²) in [4.78, 5) is 26.9. The zero-order valence-corrected chi connectivity index (χ0v) is 19.3. The van der Waals surface area contributed by atoms with Gasteiger partial charge in [0.05, 0.1) is 22.3 Å². The van der Waals surface area contributed by atoms with Gasteiger partial charge in [0.15, 0.2) is 5.82 Å². The largest absolute Gasteiger partial charge is 0.477 e. The lowest BCUT2D eigenvalue weighted by Gasteiger charge is -2.48. The number of rotatable bonds is 4. The minimum Gasteiger partial charge on any atom is -0.477 e. The number of carboxylic acid groups (broad SMARTS) is 1. The Morgan fingerprint density at radius 3 is 2.36 bits per heavy atom. The van der Waals surface area contributed by atoms with Crippen LogP contribution >= 0.6 is 0 Å². The van der Waals surface area contributed by atoms with Crippen LogP contribution in [-0.4, -0.2) is 28.7 Å². The summed E-state index contributed by atoms with van der Waals surface area (Å²) in [7, 11) is 0. The lowest BCUT2D eigenvalue weighted by Crippen LogP contribution is -2.53. The third-order valence-electron chi connectivity index (χ3n) is 6.48. The molecule has 0 saturated carbocycles. The van der Waals surface area contributed by atoms with Gasteiger partial charge in [-0.15, -0.1) is 0 Å². The van der Waals surface area contributed by atoms with Crippen molar-refractivity contribution < 1.29 is 18.7 Å². The predicted octanol–water partition coefficient (Wildman–Crippen LogP) is 4.38. The third-order valence-corrected chi connectivity index (χ3v) is 6.48. The van der Waals surface area contributed by atoms with E-state index in [-0.39, 0.29) is 28.6 Å². The van der Waals surface area contributed by atoms with Gasteiger partial charge in [-0.1, -0.05) is 13.8 Å². The minimum atomic E-state index is -1.39. The summed E-state index contributed by atoms with van der Waals surface area (Å²) in [5, 5.41) is 9.69. The van der Waals surface area contributed by atoms with Crippen molar-refractivity contribution in [1.29, 1.82) is 0 Å². The van der Waals surface area contributed by atoms with Gasteiger partial charge in [-0.2, -0.15) is 0 Å². The van der Waals surface area contributed by atoms with Gasteiger partial charge in [0.2, 0.25) is 5.43 Å². The predicted molar refractivity (Wildman–Crippen MR) is 125 cm³/mol. The Labute approximate surface area is 190 Å². The molecule has 0 aliphatic carbocycles. The summed E-state index contributed by atoms with van der Waals surface area (Å²) < 4.78 is 31.1. The molecule has 4 rings (SSSR count). The molecule has 0 unspecified atom stereocenters. The second-order valence-electron chi connectivity index (χ2n) is 9.76. The number of aromatic carboxylic acids is 1. The van der Waals surface area contributed by atoms with Crippen molar-refractivity contribution in [2.45, 2.75) is 41.2 Å². The van der Waals surface area contributed by atoms with E-state index in [0.29, 0.717) is 41.0 Å². The van der Waals surface area contributed by atoms with E-state index in [1.807, 2.05) is 4.90 Å². The number of nitrogens with two attached hydrogens (primary N) is 1. The number of nitrogens with zero attached hydrogens (tertiary/aromatic N) is 2. The number of anilines is 2. The molecule has 3 N–H and O–H groups in total. The fourth-order valence-corrected chi connectivity index (χ4v) is 4.87. The Hall–Kier alpha value is -3.42. The van der Waals surface area contributed by atoms with Crippen LogP contribution in [0.5, 0.6) is 0 Å². The maximum atomic E-state index is 15.6. The van der Waals surface area contributed by atoms with E-state index in [1.54, 1.807) is 18.4 Å². The van der Waals surface area contributed by atoms with Gasteiger partial charge < -0.3 is 20.3 Å². The van der Waals surface area contributed by atoms with Crippen molar-refractivity contribution in [1.82, 2.24) is 4.57 Å². The van der Waals surface area contributed by atoms with Crippen molar-refractivity contribution in [3.05, 3.63) is 68.0 Å². The number of carboxylic acids is 1. The van der Waals surface area contributed by atoms with Gasteiger partial charge in [-0.05, 0) is 55.0 Å². The molecule has 0 atom stereocenters. The second kappa shape index (κ2) is 7.57. The molecule has 0 radical (unpaired) electrons. The van der Waals surface area contributed by atoms with Crippen LogP contribution in [0.25, 0.3) is 10.9 Å².